The number of nitrogens with one attached hydrogen (secondary N) is 1. The van der Waals surface area contributed by atoms with Crippen LogP contribution in [0.4, 0.5) is 18.9 Å². The van der Waals surface area contributed by atoms with Gasteiger partial charge in [0.25, 0.3) is 0 Å². The number of para-hydroxylation sites is 1. The molecule has 0 aliphatic carbocycles. The van der Waals surface area contributed by atoms with Crippen LogP contribution in [0.5, 0.6) is 0 Å². The number of benzene rings is 1. The second-order valence-corrected chi connectivity index (χ2v) is 5.31. The van der Waals surface area contributed by atoms with E-state index in [0.29, 0.717) is 0 Å². The van der Waals surface area contributed by atoms with Gasteiger partial charge in [-0.25, -0.2) is 0 Å². The van der Waals surface area contributed by atoms with E-state index in [1.165, 1.54) is 18.2 Å². The topological polar surface area (TPSA) is 32.3 Å². The number of rotatable bonds is 3. The van der Waals surface area contributed by atoms with Crippen molar-refractivity contribution in [2.24, 2.45) is 0 Å². The molecule has 2 rings (SSSR count). The minimum Gasteiger partial charge on any atom is -0.324 e. The molecule has 1 fully saturated rings. The van der Waals surface area contributed by atoms with E-state index in [1.54, 1.807) is 6.92 Å². The molecule has 0 radical (unpaired) electrons. The fourth-order valence-corrected chi connectivity index (χ4v) is 2.55. The number of amides is 1. The fourth-order valence-electron chi connectivity index (χ4n) is 2.55. The molecule has 0 saturated carbocycles. The third-order valence-electron chi connectivity index (χ3n) is 3.81. The zero-order valence-electron chi connectivity index (χ0n) is 11.9. The highest BCUT2D eigenvalue weighted by Crippen LogP contribution is 2.34. The monoisotopic (exact) mass is 300 g/mol. The summed E-state index contributed by atoms with van der Waals surface area (Å²) in [5.74, 6) is -0.395. The summed E-state index contributed by atoms with van der Waals surface area (Å²) in [5, 5.41) is 2.41. The number of alkyl halides is 3. The summed E-state index contributed by atoms with van der Waals surface area (Å²) in [5.41, 5.74) is -0.997. The quantitative estimate of drug-likeness (QED) is 0.926. The van der Waals surface area contributed by atoms with E-state index in [9.17, 15) is 18.0 Å². The van der Waals surface area contributed by atoms with Gasteiger partial charge in [0.1, 0.15) is 0 Å². The number of hydrogen-bond acceptors (Lipinski definition) is 2. The Bertz CT molecular complexity index is 496. The van der Waals surface area contributed by atoms with Crippen molar-refractivity contribution in [3.8, 4) is 0 Å². The molecule has 1 aliphatic heterocycles. The van der Waals surface area contributed by atoms with Crippen LogP contribution in [0, 0.1) is 0 Å². The Morgan fingerprint density at radius 2 is 1.81 bits per heavy atom. The molecule has 116 valence electrons. The molecule has 1 saturated heterocycles. The maximum atomic E-state index is 12.9. The van der Waals surface area contributed by atoms with Crippen molar-refractivity contribution in [2.45, 2.75) is 38.4 Å². The lowest BCUT2D eigenvalue weighted by Crippen LogP contribution is -2.44. The van der Waals surface area contributed by atoms with Crippen molar-refractivity contribution in [3.05, 3.63) is 29.8 Å². The number of hydrogen-bond donors (Lipinski definition) is 1. The SMILES string of the molecule is C[C@H](C(=O)Nc1ccccc1C(F)(F)F)N1CCCCC1. The lowest BCUT2D eigenvalue weighted by molar-refractivity contribution is -0.137. The van der Waals surface area contributed by atoms with E-state index in [2.05, 4.69) is 5.32 Å². The summed E-state index contributed by atoms with van der Waals surface area (Å²) in [6, 6.07) is 4.62. The van der Waals surface area contributed by atoms with E-state index in [-0.39, 0.29) is 5.69 Å². The van der Waals surface area contributed by atoms with Crippen LogP contribution in [-0.4, -0.2) is 29.9 Å². The molecule has 21 heavy (non-hydrogen) atoms. The van der Waals surface area contributed by atoms with Crippen molar-refractivity contribution in [1.82, 2.24) is 4.90 Å². The molecule has 0 spiro atoms. The van der Waals surface area contributed by atoms with Crippen LogP contribution < -0.4 is 5.32 Å². The second-order valence-electron chi connectivity index (χ2n) is 5.31. The number of nitrogens with zero attached hydrogens (tertiary/aromatic N) is 1. The van der Waals surface area contributed by atoms with Crippen LogP contribution in [0.25, 0.3) is 0 Å². The van der Waals surface area contributed by atoms with E-state index < -0.39 is 23.7 Å². The van der Waals surface area contributed by atoms with Crippen molar-refractivity contribution in [3.63, 3.8) is 0 Å². The number of halogens is 3. The predicted octanol–water partition coefficient (Wildman–Crippen LogP) is 3.52. The molecule has 6 heteroatoms. The third kappa shape index (κ3) is 3.97. The van der Waals surface area contributed by atoms with Gasteiger partial charge in [-0.3, -0.25) is 9.69 Å². The lowest BCUT2D eigenvalue weighted by atomic mass is 10.1. The smallest absolute Gasteiger partial charge is 0.324 e. The van der Waals surface area contributed by atoms with E-state index in [0.717, 1.165) is 38.4 Å². The fraction of sp³-hybridized carbons (Fsp3) is 0.533. The summed E-state index contributed by atoms with van der Waals surface area (Å²) in [4.78, 5) is 14.2. The number of carbonyl (C=O) groups excluding carboxylic acids is 1. The van der Waals surface area contributed by atoms with Gasteiger partial charge in [0.15, 0.2) is 0 Å². The highest BCUT2D eigenvalue weighted by Gasteiger charge is 2.34. The molecular formula is C15H19F3N2O. The van der Waals surface area contributed by atoms with Crippen molar-refractivity contribution in [2.75, 3.05) is 18.4 Å². The first-order valence-electron chi connectivity index (χ1n) is 7.11. The molecular weight excluding hydrogens is 281 g/mol. The predicted molar refractivity (Wildman–Crippen MR) is 75.0 cm³/mol. The highest BCUT2D eigenvalue weighted by molar-refractivity contribution is 5.95. The average Bonchev–Trinajstić information content (AvgIpc) is 2.47. The summed E-state index contributed by atoms with van der Waals surface area (Å²) in [6.07, 6.45) is -1.28. The van der Waals surface area contributed by atoms with Crippen LogP contribution in [0.15, 0.2) is 24.3 Å². The van der Waals surface area contributed by atoms with Crippen LogP contribution in [-0.2, 0) is 11.0 Å². The zero-order chi connectivity index (χ0) is 15.5. The molecule has 1 aromatic carbocycles. The Balaban J connectivity index is 2.09. The molecule has 0 aromatic heterocycles. The van der Waals surface area contributed by atoms with Gasteiger partial charge >= 0.3 is 6.18 Å². The molecule has 1 heterocycles. The molecule has 1 N–H and O–H groups in total. The normalized spacial score (nSPS) is 18.3. The second kappa shape index (κ2) is 6.47. The van der Waals surface area contributed by atoms with Crippen LogP contribution in [0.2, 0.25) is 0 Å². The Morgan fingerprint density at radius 1 is 1.19 bits per heavy atom. The number of anilines is 1. The van der Waals surface area contributed by atoms with E-state index in [1.807, 2.05) is 4.90 Å². The zero-order valence-corrected chi connectivity index (χ0v) is 11.9. The maximum absolute atomic E-state index is 12.9. The molecule has 1 aromatic rings. The van der Waals surface area contributed by atoms with Crippen LogP contribution in [0.3, 0.4) is 0 Å². The van der Waals surface area contributed by atoms with Crippen LogP contribution in [0.1, 0.15) is 31.7 Å². The summed E-state index contributed by atoms with van der Waals surface area (Å²) < 4.78 is 38.7. The van der Waals surface area contributed by atoms with Gasteiger partial charge in [-0.15, -0.1) is 0 Å². The van der Waals surface area contributed by atoms with Crippen molar-refractivity contribution >= 4 is 11.6 Å². The Morgan fingerprint density at radius 3 is 2.43 bits per heavy atom. The number of piperidine rings is 1. The molecule has 1 aliphatic rings. The molecule has 0 unspecified atom stereocenters. The van der Waals surface area contributed by atoms with E-state index in [4.69, 9.17) is 0 Å². The summed E-state index contributed by atoms with van der Waals surface area (Å²) >= 11 is 0. The first-order valence-corrected chi connectivity index (χ1v) is 7.11. The van der Waals surface area contributed by atoms with Crippen molar-refractivity contribution < 1.29 is 18.0 Å². The van der Waals surface area contributed by atoms with Crippen molar-refractivity contribution in [1.29, 1.82) is 0 Å². The standard InChI is InChI=1S/C15H19F3N2O/c1-11(20-9-5-2-6-10-20)14(21)19-13-8-4-3-7-12(13)15(16,17)18/h3-4,7-8,11H,2,5-6,9-10H2,1H3,(H,19,21)/t11-/m1/s1. The van der Waals surface area contributed by atoms with Gasteiger partial charge in [-0.2, -0.15) is 13.2 Å². The van der Waals surface area contributed by atoms with E-state index >= 15 is 0 Å². The molecule has 1 amide bonds. The van der Waals surface area contributed by atoms with Gasteiger partial charge in [0, 0.05) is 0 Å². The highest BCUT2D eigenvalue weighted by atomic mass is 19.4. The maximum Gasteiger partial charge on any atom is 0.418 e. The molecule has 0 bridgehead atoms. The first-order chi connectivity index (χ1) is 9.89. The average molecular weight is 300 g/mol. The van der Waals surface area contributed by atoms with Gasteiger partial charge in [0.05, 0.1) is 17.3 Å². The first kappa shape index (κ1) is 15.8. The van der Waals surface area contributed by atoms with Gasteiger partial charge in [-0.1, -0.05) is 18.6 Å². The number of carbonyl (C=O) groups is 1. The summed E-state index contributed by atoms with van der Waals surface area (Å²) in [7, 11) is 0. The molecule has 1 atom stereocenters. The number of likely N-dealkylation sites (tertiary alicyclic amines) is 1. The summed E-state index contributed by atoms with van der Waals surface area (Å²) in [6.45, 7) is 3.36. The van der Waals surface area contributed by atoms with Gasteiger partial charge in [0.2, 0.25) is 5.91 Å². The third-order valence-corrected chi connectivity index (χ3v) is 3.81. The lowest BCUT2D eigenvalue weighted by Gasteiger charge is -2.31. The Hall–Kier alpha value is -1.56. The molecule has 3 nitrogen and oxygen atoms in total. The van der Waals surface area contributed by atoms with Crippen LogP contribution >= 0.6 is 0 Å². The Kier molecular flexibility index (Phi) is 4.88. The minimum absolute atomic E-state index is 0.182. The minimum atomic E-state index is -4.47. The Labute approximate surface area is 122 Å². The van der Waals surface area contributed by atoms with Gasteiger partial charge in [-0.05, 0) is 45.0 Å². The largest absolute Gasteiger partial charge is 0.418 e. The van der Waals surface area contributed by atoms with Gasteiger partial charge < -0.3 is 5.32 Å².